The van der Waals surface area contributed by atoms with Gasteiger partial charge >= 0.3 is 0 Å². The van der Waals surface area contributed by atoms with Gasteiger partial charge in [-0.1, -0.05) is 39.8 Å². The second-order valence-electron chi connectivity index (χ2n) is 6.78. The smallest absolute Gasteiger partial charge is 0.129 e. The highest BCUT2D eigenvalue weighted by atomic mass is 16.5. The van der Waals surface area contributed by atoms with E-state index in [1.807, 2.05) is 6.92 Å². The van der Waals surface area contributed by atoms with Crippen LogP contribution < -0.4 is 4.74 Å². The van der Waals surface area contributed by atoms with Gasteiger partial charge in [0.05, 0.1) is 6.61 Å². The van der Waals surface area contributed by atoms with E-state index in [-0.39, 0.29) is 11.2 Å². The van der Waals surface area contributed by atoms with Gasteiger partial charge in [0.1, 0.15) is 11.5 Å². The predicted molar refractivity (Wildman–Crippen MR) is 89.3 cm³/mol. The van der Waals surface area contributed by atoms with Gasteiger partial charge in [-0.15, -0.1) is 0 Å². The van der Waals surface area contributed by atoms with Crippen molar-refractivity contribution in [2.45, 2.75) is 72.1 Å². The summed E-state index contributed by atoms with van der Waals surface area (Å²) in [5.41, 5.74) is 2.63. The summed E-state index contributed by atoms with van der Waals surface area (Å²) in [7, 11) is 0. The fraction of sp³-hybridized carbons (Fsp3) is 0.632. The van der Waals surface area contributed by atoms with E-state index >= 15 is 0 Å². The molecular formula is C19H30O2. The van der Waals surface area contributed by atoms with Gasteiger partial charge in [-0.2, -0.15) is 0 Å². The largest absolute Gasteiger partial charge is 0.494 e. The summed E-state index contributed by atoms with van der Waals surface area (Å²) in [6.45, 7) is 13.2. The van der Waals surface area contributed by atoms with Crippen molar-refractivity contribution in [1.82, 2.24) is 0 Å². The Hall–Kier alpha value is -1.31. The second kappa shape index (κ2) is 7.63. The molecule has 0 radical (unpaired) electrons. The highest BCUT2D eigenvalue weighted by Gasteiger charge is 2.21. The lowest BCUT2D eigenvalue weighted by molar-refractivity contribution is -0.117. The Labute approximate surface area is 129 Å². The van der Waals surface area contributed by atoms with Crippen LogP contribution in [0, 0.1) is 0 Å². The molecule has 118 valence electrons. The van der Waals surface area contributed by atoms with E-state index < -0.39 is 0 Å². The summed E-state index contributed by atoms with van der Waals surface area (Å²) in [5.74, 6) is 1.70. The molecule has 21 heavy (non-hydrogen) atoms. The number of ketones is 1. The Morgan fingerprint density at radius 3 is 2.38 bits per heavy atom. The van der Waals surface area contributed by atoms with Gasteiger partial charge in [0.2, 0.25) is 0 Å². The molecule has 0 spiro atoms. The normalized spacial score (nSPS) is 13.0. The molecule has 2 heteroatoms. The standard InChI is InChI=1S/C19H30O2/c1-7-15(10-9-14(3)20)16-11-12-18(21-8-2)17(13-16)19(4,5)6/h11-13,15H,7-10H2,1-6H3. The molecule has 2 nitrogen and oxygen atoms in total. The Bertz CT molecular complexity index is 469. The van der Waals surface area contributed by atoms with E-state index in [0.717, 1.165) is 18.6 Å². The molecule has 0 aliphatic heterocycles. The highest BCUT2D eigenvalue weighted by molar-refractivity contribution is 5.75. The lowest BCUT2D eigenvalue weighted by Gasteiger charge is -2.25. The minimum atomic E-state index is 0.0549. The third kappa shape index (κ3) is 5.18. The zero-order valence-electron chi connectivity index (χ0n) is 14.5. The topological polar surface area (TPSA) is 26.3 Å². The Morgan fingerprint density at radius 1 is 1.24 bits per heavy atom. The van der Waals surface area contributed by atoms with Crippen molar-refractivity contribution in [1.29, 1.82) is 0 Å². The number of ether oxygens (including phenoxy) is 1. The second-order valence-corrected chi connectivity index (χ2v) is 6.78. The van der Waals surface area contributed by atoms with Crippen molar-refractivity contribution in [3.63, 3.8) is 0 Å². The van der Waals surface area contributed by atoms with Gasteiger partial charge in [-0.25, -0.2) is 0 Å². The van der Waals surface area contributed by atoms with Crippen molar-refractivity contribution in [3.05, 3.63) is 29.3 Å². The molecule has 0 aliphatic carbocycles. The zero-order valence-corrected chi connectivity index (χ0v) is 14.5. The van der Waals surface area contributed by atoms with Crippen LogP contribution in [0.3, 0.4) is 0 Å². The van der Waals surface area contributed by atoms with Crippen molar-refractivity contribution < 1.29 is 9.53 Å². The first-order valence-corrected chi connectivity index (χ1v) is 8.06. The van der Waals surface area contributed by atoms with Gasteiger partial charge in [-0.05, 0) is 55.2 Å². The van der Waals surface area contributed by atoms with Crippen LogP contribution in [-0.2, 0) is 10.2 Å². The monoisotopic (exact) mass is 290 g/mol. The molecule has 0 saturated heterocycles. The molecular weight excluding hydrogens is 260 g/mol. The average Bonchev–Trinajstić information content (AvgIpc) is 2.39. The van der Waals surface area contributed by atoms with Crippen LogP contribution in [0.4, 0.5) is 0 Å². The molecule has 1 atom stereocenters. The van der Waals surface area contributed by atoms with Crippen molar-refractivity contribution in [3.8, 4) is 5.75 Å². The van der Waals surface area contributed by atoms with Crippen molar-refractivity contribution >= 4 is 5.78 Å². The van der Waals surface area contributed by atoms with Gasteiger partial charge in [0.15, 0.2) is 0 Å². The van der Waals surface area contributed by atoms with Crippen LogP contribution in [0.2, 0.25) is 0 Å². The SMILES string of the molecule is CCOc1ccc(C(CC)CCC(C)=O)cc1C(C)(C)C. The van der Waals surface area contributed by atoms with Crippen LogP contribution in [0.1, 0.15) is 77.8 Å². The van der Waals surface area contributed by atoms with E-state index in [2.05, 4.69) is 45.9 Å². The molecule has 0 aliphatic rings. The van der Waals surface area contributed by atoms with E-state index in [4.69, 9.17) is 4.74 Å². The van der Waals surface area contributed by atoms with Gasteiger partial charge < -0.3 is 9.53 Å². The number of hydrogen-bond acceptors (Lipinski definition) is 2. The molecule has 1 rings (SSSR count). The van der Waals surface area contributed by atoms with Crippen LogP contribution in [0.25, 0.3) is 0 Å². The Morgan fingerprint density at radius 2 is 1.90 bits per heavy atom. The van der Waals surface area contributed by atoms with Crippen LogP contribution in [0.15, 0.2) is 18.2 Å². The molecule has 1 aromatic rings. The predicted octanol–water partition coefficient (Wildman–Crippen LogP) is 5.25. The van der Waals surface area contributed by atoms with Gasteiger partial charge in [-0.3, -0.25) is 0 Å². The minimum absolute atomic E-state index is 0.0549. The van der Waals surface area contributed by atoms with Crippen LogP contribution >= 0.6 is 0 Å². The van der Waals surface area contributed by atoms with Crippen LogP contribution in [-0.4, -0.2) is 12.4 Å². The van der Waals surface area contributed by atoms with Gasteiger partial charge in [0.25, 0.3) is 0 Å². The molecule has 0 heterocycles. The maximum absolute atomic E-state index is 11.2. The third-order valence-electron chi connectivity index (χ3n) is 3.92. The summed E-state index contributed by atoms with van der Waals surface area (Å²) in [4.78, 5) is 11.2. The molecule has 0 aromatic heterocycles. The number of hydrogen-bond donors (Lipinski definition) is 0. The van der Waals surface area contributed by atoms with E-state index in [1.165, 1.54) is 11.1 Å². The first-order valence-electron chi connectivity index (χ1n) is 8.06. The Kier molecular flexibility index (Phi) is 6.44. The zero-order chi connectivity index (χ0) is 16.0. The summed E-state index contributed by atoms with van der Waals surface area (Å²) in [6, 6.07) is 6.53. The number of rotatable bonds is 7. The van der Waals surface area contributed by atoms with Gasteiger partial charge in [0, 0.05) is 6.42 Å². The van der Waals surface area contributed by atoms with E-state index in [9.17, 15) is 4.79 Å². The van der Waals surface area contributed by atoms with Crippen molar-refractivity contribution in [2.75, 3.05) is 6.61 Å². The Balaban J connectivity index is 3.10. The van der Waals surface area contributed by atoms with E-state index in [0.29, 0.717) is 18.9 Å². The first-order chi connectivity index (χ1) is 9.79. The van der Waals surface area contributed by atoms with E-state index in [1.54, 1.807) is 6.92 Å². The molecule has 0 N–H and O–H groups in total. The molecule has 0 saturated carbocycles. The summed E-state index contributed by atoms with van der Waals surface area (Å²) >= 11 is 0. The quantitative estimate of drug-likeness (QED) is 0.686. The fourth-order valence-electron chi connectivity index (χ4n) is 2.65. The lowest BCUT2D eigenvalue weighted by Crippen LogP contribution is -2.14. The summed E-state index contributed by atoms with van der Waals surface area (Å²) in [5, 5.41) is 0. The first kappa shape index (κ1) is 17.7. The summed E-state index contributed by atoms with van der Waals surface area (Å²) < 4.78 is 5.78. The molecule has 0 fully saturated rings. The number of carbonyl (C=O) groups is 1. The number of carbonyl (C=O) groups excluding carboxylic acids is 1. The average molecular weight is 290 g/mol. The number of Topliss-reactive ketones (excluding diaryl/α,β-unsaturated/α-hetero) is 1. The maximum Gasteiger partial charge on any atom is 0.129 e. The minimum Gasteiger partial charge on any atom is -0.494 e. The van der Waals surface area contributed by atoms with Crippen molar-refractivity contribution in [2.24, 2.45) is 0 Å². The van der Waals surface area contributed by atoms with Crippen LogP contribution in [0.5, 0.6) is 5.75 Å². The molecule has 0 amide bonds. The molecule has 1 unspecified atom stereocenters. The highest BCUT2D eigenvalue weighted by Crippen LogP contribution is 2.35. The maximum atomic E-state index is 11.2. The number of benzene rings is 1. The third-order valence-corrected chi connectivity index (χ3v) is 3.92. The fourth-order valence-corrected chi connectivity index (χ4v) is 2.65. The molecule has 1 aromatic carbocycles. The summed E-state index contributed by atoms with van der Waals surface area (Å²) in [6.07, 6.45) is 2.66. The lowest BCUT2D eigenvalue weighted by atomic mass is 9.82. The molecule has 0 bridgehead atoms.